The van der Waals surface area contributed by atoms with Crippen LogP contribution in [0.1, 0.15) is 25.3 Å². The molecule has 1 aliphatic rings. The van der Waals surface area contributed by atoms with Gasteiger partial charge in [-0.2, -0.15) is 0 Å². The zero-order valence-electron chi connectivity index (χ0n) is 25.4. The first-order valence-electron chi connectivity index (χ1n) is 14.0. The van der Waals surface area contributed by atoms with Crippen molar-refractivity contribution < 1.29 is 19.1 Å². The van der Waals surface area contributed by atoms with E-state index in [9.17, 15) is 14.4 Å². The Balaban J connectivity index is 0.000000195. The molecule has 0 unspecified atom stereocenters. The molecule has 0 radical (unpaired) electrons. The third-order valence-electron chi connectivity index (χ3n) is 6.71. The number of likely N-dealkylation sites (tertiary alicyclic amines) is 1. The molecular formula is C33H40N4O5S. The van der Waals surface area contributed by atoms with Crippen LogP contribution < -0.4 is 25.7 Å². The Morgan fingerprint density at radius 2 is 1.51 bits per heavy atom. The van der Waals surface area contributed by atoms with Gasteiger partial charge in [-0.15, -0.1) is 11.8 Å². The smallest absolute Gasteiger partial charge is 0.255 e. The van der Waals surface area contributed by atoms with Gasteiger partial charge in [-0.1, -0.05) is 18.2 Å². The van der Waals surface area contributed by atoms with Crippen molar-refractivity contribution in [3.8, 4) is 11.5 Å². The Bertz CT molecular complexity index is 1530. The molecule has 3 N–H and O–H groups in total. The molecule has 1 aliphatic heterocycles. The minimum atomic E-state index is -0.106. The van der Waals surface area contributed by atoms with Gasteiger partial charge in [0.15, 0.2) is 11.5 Å². The first-order chi connectivity index (χ1) is 20.7. The van der Waals surface area contributed by atoms with E-state index in [-0.39, 0.29) is 23.9 Å². The van der Waals surface area contributed by atoms with Gasteiger partial charge in [-0.25, -0.2) is 0 Å². The number of pyridine rings is 1. The average Bonchev–Trinajstić information content (AvgIpc) is 3.58. The van der Waals surface area contributed by atoms with Crippen molar-refractivity contribution in [3.63, 3.8) is 0 Å². The molecule has 4 aromatic rings. The van der Waals surface area contributed by atoms with Crippen molar-refractivity contribution in [2.75, 3.05) is 50.7 Å². The van der Waals surface area contributed by atoms with Crippen LogP contribution in [0.15, 0.2) is 82.6 Å². The van der Waals surface area contributed by atoms with Crippen LogP contribution in [-0.4, -0.2) is 61.8 Å². The third-order valence-corrected chi connectivity index (χ3v) is 7.45. The van der Waals surface area contributed by atoms with Crippen LogP contribution >= 0.6 is 11.8 Å². The normalized spacial score (nSPS) is 11.9. The lowest BCUT2D eigenvalue weighted by Gasteiger charge is -2.16. The average molecular weight is 605 g/mol. The number of nitrogens with one attached hydrogen (secondary N) is 3. The molecule has 0 aliphatic carbocycles. The lowest BCUT2D eigenvalue weighted by atomic mass is 10.1. The number of aryl methyl sites for hydroxylation is 1. The van der Waals surface area contributed by atoms with Crippen LogP contribution in [0.3, 0.4) is 0 Å². The molecule has 1 aromatic heterocycles. The van der Waals surface area contributed by atoms with Crippen molar-refractivity contribution in [1.29, 1.82) is 0 Å². The van der Waals surface area contributed by atoms with E-state index in [1.807, 2.05) is 78.7 Å². The van der Waals surface area contributed by atoms with Crippen LogP contribution in [0.25, 0.3) is 10.8 Å². The molecule has 0 bridgehead atoms. The second kappa shape index (κ2) is 16.9. The number of hydrogen-bond acceptors (Lipinski definition) is 7. The third kappa shape index (κ3) is 10.1. The van der Waals surface area contributed by atoms with Crippen LogP contribution in [0.2, 0.25) is 0 Å². The minimum Gasteiger partial charge on any atom is -0.493 e. The first kappa shape index (κ1) is 33.1. The van der Waals surface area contributed by atoms with Gasteiger partial charge < -0.3 is 30.0 Å². The molecule has 1 saturated heterocycles. The highest BCUT2D eigenvalue weighted by Crippen LogP contribution is 2.24. The molecule has 0 spiro atoms. The van der Waals surface area contributed by atoms with Crippen molar-refractivity contribution in [2.45, 2.75) is 31.6 Å². The molecular weight excluding hydrogens is 564 g/mol. The summed E-state index contributed by atoms with van der Waals surface area (Å²) in [6, 6.07) is 20.9. The highest BCUT2D eigenvalue weighted by Gasteiger charge is 2.17. The standard InChI is InChI=1S/C16H19N3O2.C9H11NOS.C8H10O2/c1-11-9-18-16(21)14-8-12(4-5-13(11)14)17-10-15(20)19-6-2-3-7-19;1-7(11)10-8-3-5-9(12-2)6-4-8;1-9-7-5-3-4-6-8(7)10-2/h4-5,8-9,17H,2-3,6-7,10H2,1H3,(H,18,21);3-6H,1-2H3,(H,10,11);3-6H,1-2H3. The number of nitrogens with zero attached hydrogens (tertiary/aromatic N) is 1. The number of amides is 2. The Kier molecular flexibility index (Phi) is 13.0. The number of H-pyrrole nitrogens is 1. The number of carbonyl (C=O) groups is 2. The molecule has 5 rings (SSSR count). The van der Waals surface area contributed by atoms with Gasteiger partial charge in [0.2, 0.25) is 11.8 Å². The minimum absolute atomic E-state index is 0.0353. The zero-order valence-corrected chi connectivity index (χ0v) is 26.2. The van der Waals surface area contributed by atoms with Crippen LogP contribution in [0, 0.1) is 6.92 Å². The maximum absolute atomic E-state index is 12.0. The number of anilines is 2. The van der Waals surface area contributed by atoms with Crippen molar-refractivity contribution >= 4 is 45.7 Å². The van der Waals surface area contributed by atoms with Crippen molar-refractivity contribution in [1.82, 2.24) is 9.88 Å². The second-order valence-electron chi connectivity index (χ2n) is 9.77. The van der Waals surface area contributed by atoms with Gasteiger partial charge in [0.05, 0.1) is 20.8 Å². The predicted molar refractivity (Wildman–Crippen MR) is 176 cm³/mol. The summed E-state index contributed by atoms with van der Waals surface area (Å²) in [6.07, 6.45) is 5.93. The molecule has 1 fully saturated rings. The monoisotopic (exact) mass is 604 g/mol. The quantitative estimate of drug-likeness (QED) is 0.224. The molecule has 2 amide bonds. The van der Waals surface area contributed by atoms with Crippen molar-refractivity contribution in [3.05, 3.63) is 88.8 Å². The first-order valence-corrected chi connectivity index (χ1v) is 15.2. The van der Waals surface area contributed by atoms with Gasteiger partial charge in [-0.05, 0) is 85.5 Å². The van der Waals surface area contributed by atoms with Gasteiger partial charge in [-0.3, -0.25) is 14.4 Å². The van der Waals surface area contributed by atoms with Gasteiger partial charge in [0, 0.05) is 47.9 Å². The van der Waals surface area contributed by atoms with E-state index in [0.29, 0.717) is 5.39 Å². The summed E-state index contributed by atoms with van der Waals surface area (Å²) in [4.78, 5) is 40.3. The number of thioether (sulfide) groups is 1. The Labute approximate surface area is 257 Å². The number of aromatic nitrogens is 1. The maximum atomic E-state index is 12.0. The Hall–Kier alpha value is -4.44. The molecule has 0 saturated carbocycles. The van der Waals surface area contributed by atoms with E-state index < -0.39 is 0 Å². The Morgan fingerprint density at radius 3 is 2.07 bits per heavy atom. The van der Waals surface area contributed by atoms with E-state index >= 15 is 0 Å². The summed E-state index contributed by atoms with van der Waals surface area (Å²) in [7, 11) is 3.25. The Morgan fingerprint density at radius 1 is 0.907 bits per heavy atom. The topological polar surface area (TPSA) is 113 Å². The van der Waals surface area contributed by atoms with Crippen LogP contribution in [0.5, 0.6) is 11.5 Å². The van der Waals surface area contributed by atoms with Crippen molar-refractivity contribution in [2.24, 2.45) is 0 Å². The van der Waals surface area contributed by atoms with E-state index in [0.717, 1.165) is 59.8 Å². The molecule has 10 heteroatoms. The number of carbonyl (C=O) groups excluding carboxylic acids is 2. The number of benzene rings is 3. The fraction of sp³-hybridized carbons (Fsp3) is 0.303. The molecule has 3 aromatic carbocycles. The molecule has 9 nitrogen and oxygen atoms in total. The summed E-state index contributed by atoms with van der Waals surface area (Å²) in [5, 5.41) is 7.41. The summed E-state index contributed by atoms with van der Waals surface area (Å²) in [5.74, 6) is 1.62. The summed E-state index contributed by atoms with van der Waals surface area (Å²) < 4.78 is 10.0. The maximum Gasteiger partial charge on any atom is 0.255 e. The number of hydrogen-bond donors (Lipinski definition) is 3. The number of fused-ring (bicyclic) bond motifs is 1. The zero-order chi connectivity index (χ0) is 31.2. The lowest BCUT2D eigenvalue weighted by Crippen LogP contribution is -2.32. The summed E-state index contributed by atoms with van der Waals surface area (Å²) in [5.41, 5.74) is 2.57. The summed E-state index contributed by atoms with van der Waals surface area (Å²) >= 11 is 1.68. The summed E-state index contributed by atoms with van der Waals surface area (Å²) in [6.45, 7) is 5.45. The second-order valence-corrected chi connectivity index (χ2v) is 10.6. The highest BCUT2D eigenvalue weighted by atomic mass is 32.2. The van der Waals surface area contributed by atoms with E-state index in [1.165, 1.54) is 11.8 Å². The van der Waals surface area contributed by atoms with E-state index in [4.69, 9.17) is 9.47 Å². The van der Waals surface area contributed by atoms with Crippen LogP contribution in [-0.2, 0) is 9.59 Å². The number of aromatic amines is 1. The van der Waals surface area contributed by atoms with Gasteiger partial charge >= 0.3 is 0 Å². The van der Waals surface area contributed by atoms with E-state index in [2.05, 4.69) is 15.6 Å². The number of rotatable bonds is 7. The van der Waals surface area contributed by atoms with Gasteiger partial charge in [0.25, 0.3) is 5.56 Å². The van der Waals surface area contributed by atoms with Crippen LogP contribution in [0.4, 0.5) is 11.4 Å². The predicted octanol–water partition coefficient (Wildman–Crippen LogP) is 5.94. The molecule has 43 heavy (non-hydrogen) atoms. The van der Waals surface area contributed by atoms with E-state index in [1.54, 1.807) is 38.2 Å². The fourth-order valence-electron chi connectivity index (χ4n) is 4.44. The molecule has 0 atom stereocenters. The number of ether oxygens (including phenoxy) is 2. The lowest BCUT2D eigenvalue weighted by molar-refractivity contribution is -0.128. The fourth-order valence-corrected chi connectivity index (χ4v) is 4.84. The number of para-hydroxylation sites is 2. The number of methoxy groups -OCH3 is 2. The highest BCUT2D eigenvalue weighted by molar-refractivity contribution is 7.98. The molecule has 228 valence electrons. The SMILES string of the molecule is COc1ccccc1OC.CSc1ccc(NC(C)=O)cc1.Cc1c[nH]c(=O)c2cc(NCC(=O)N3CCCC3)ccc12. The largest absolute Gasteiger partial charge is 0.493 e. The van der Waals surface area contributed by atoms with Gasteiger partial charge in [0.1, 0.15) is 0 Å². The molecule has 2 heterocycles.